The van der Waals surface area contributed by atoms with Gasteiger partial charge in [0.25, 0.3) is 0 Å². The minimum atomic E-state index is 1.24. The van der Waals surface area contributed by atoms with Gasteiger partial charge in [0.05, 0.1) is 0 Å². The molecule has 0 aliphatic carbocycles. The molecule has 2 nitrogen and oxygen atoms in total. The maximum atomic E-state index is 2.53. The van der Waals surface area contributed by atoms with Crippen molar-refractivity contribution in [3.05, 3.63) is 0 Å². The van der Waals surface area contributed by atoms with Crippen LogP contribution in [0.1, 0.15) is 39.5 Å². The van der Waals surface area contributed by atoms with Gasteiger partial charge in [-0.3, -0.25) is 0 Å². The van der Waals surface area contributed by atoms with Gasteiger partial charge in [-0.05, 0) is 25.7 Å². The third kappa shape index (κ3) is 2.76. The fourth-order valence-corrected chi connectivity index (χ4v) is 1.89. The molecule has 72 valence electrons. The first-order chi connectivity index (χ1) is 5.88. The normalized spacial score (nSPS) is 19.2. The summed E-state index contributed by atoms with van der Waals surface area (Å²) in [6.07, 6.45) is 5.33. The Kier molecular flexibility index (Phi) is 4.62. The Balaban J connectivity index is 2.29. The predicted octanol–water partition coefficient (Wildman–Crippen LogP) is 2.12. The highest BCUT2D eigenvalue weighted by molar-refractivity contribution is 4.64. The lowest BCUT2D eigenvalue weighted by Crippen LogP contribution is -2.41. The fourth-order valence-electron chi connectivity index (χ4n) is 1.89. The van der Waals surface area contributed by atoms with Crippen molar-refractivity contribution in [2.24, 2.45) is 0 Å². The molecule has 0 bridgehead atoms. The van der Waals surface area contributed by atoms with Crippen LogP contribution in [-0.4, -0.2) is 36.2 Å². The standard InChI is InChI=1S/C10H22N2/c1-3-7-11(8-4-2)12-9-5-6-10-12/h3-10H2,1-2H3. The lowest BCUT2D eigenvalue weighted by molar-refractivity contribution is -0.00304. The summed E-state index contributed by atoms with van der Waals surface area (Å²) in [5.74, 6) is 0. The minimum Gasteiger partial charge on any atom is -0.242 e. The van der Waals surface area contributed by atoms with Crippen LogP contribution in [0.25, 0.3) is 0 Å². The van der Waals surface area contributed by atoms with Crippen LogP contribution < -0.4 is 0 Å². The van der Waals surface area contributed by atoms with E-state index in [4.69, 9.17) is 0 Å². The van der Waals surface area contributed by atoms with Gasteiger partial charge in [0.2, 0.25) is 0 Å². The molecule has 0 aromatic rings. The van der Waals surface area contributed by atoms with E-state index in [1.165, 1.54) is 51.9 Å². The van der Waals surface area contributed by atoms with Crippen LogP contribution in [0.15, 0.2) is 0 Å². The summed E-state index contributed by atoms with van der Waals surface area (Å²) in [6, 6.07) is 0. The van der Waals surface area contributed by atoms with Gasteiger partial charge in [0, 0.05) is 26.2 Å². The smallest absolute Gasteiger partial charge is 0.0133 e. The third-order valence-electron chi connectivity index (χ3n) is 2.45. The van der Waals surface area contributed by atoms with E-state index >= 15 is 0 Å². The van der Waals surface area contributed by atoms with E-state index in [2.05, 4.69) is 23.9 Å². The summed E-state index contributed by atoms with van der Waals surface area (Å²) in [7, 11) is 0. The molecule has 1 aliphatic heterocycles. The van der Waals surface area contributed by atoms with Crippen molar-refractivity contribution in [3.63, 3.8) is 0 Å². The molecule has 0 aromatic carbocycles. The second-order valence-corrected chi connectivity index (χ2v) is 3.61. The molecule has 0 radical (unpaired) electrons. The van der Waals surface area contributed by atoms with Gasteiger partial charge in [-0.15, -0.1) is 0 Å². The molecule has 0 unspecified atom stereocenters. The fraction of sp³-hybridized carbons (Fsp3) is 1.00. The summed E-state index contributed by atoms with van der Waals surface area (Å²) in [6.45, 7) is 9.60. The monoisotopic (exact) mass is 170 g/mol. The average molecular weight is 170 g/mol. The second kappa shape index (κ2) is 5.55. The van der Waals surface area contributed by atoms with Gasteiger partial charge in [0.1, 0.15) is 0 Å². The highest BCUT2D eigenvalue weighted by Crippen LogP contribution is 2.11. The molecule has 1 aliphatic rings. The zero-order valence-corrected chi connectivity index (χ0v) is 8.55. The highest BCUT2D eigenvalue weighted by Gasteiger charge is 2.17. The number of hydrogen-bond donors (Lipinski definition) is 0. The number of rotatable bonds is 5. The van der Waals surface area contributed by atoms with Crippen LogP contribution in [0.5, 0.6) is 0 Å². The summed E-state index contributed by atoms with van der Waals surface area (Å²) in [5.41, 5.74) is 0. The molecule has 12 heavy (non-hydrogen) atoms. The Hall–Kier alpha value is -0.0800. The summed E-state index contributed by atoms with van der Waals surface area (Å²) in [4.78, 5) is 0. The Labute approximate surface area is 76.5 Å². The van der Waals surface area contributed by atoms with Crippen LogP contribution >= 0.6 is 0 Å². The Morgan fingerprint density at radius 1 is 1.00 bits per heavy atom. The predicted molar refractivity (Wildman–Crippen MR) is 53.0 cm³/mol. The van der Waals surface area contributed by atoms with E-state index < -0.39 is 0 Å². The van der Waals surface area contributed by atoms with Gasteiger partial charge in [0.15, 0.2) is 0 Å². The lowest BCUT2D eigenvalue weighted by Gasteiger charge is -2.30. The molecule has 0 saturated carbocycles. The second-order valence-electron chi connectivity index (χ2n) is 3.61. The highest BCUT2D eigenvalue weighted by atomic mass is 15.6. The topological polar surface area (TPSA) is 6.48 Å². The zero-order valence-electron chi connectivity index (χ0n) is 8.55. The molecule has 0 amide bonds. The van der Waals surface area contributed by atoms with Gasteiger partial charge in [-0.25, -0.2) is 10.0 Å². The zero-order chi connectivity index (χ0) is 8.81. The quantitative estimate of drug-likeness (QED) is 0.623. The average Bonchev–Trinajstić information content (AvgIpc) is 2.56. The van der Waals surface area contributed by atoms with Gasteiger partial charge in [-0.2, -0.15) is 0 Å². The number of nitrogens with zero attached hydrogens (tertiary/aromatic N) is 2. The molecule has 2 heteroatoms. The molecule has 0 spiro atoms. The van der Waals surface area contributed by atoms with Crippen molar-refractivity contribution in [3.8, 4) is 0 Å². The molecule has 1 rings (SSSR count). The van der Waals surface area contributed by atoms with Crippen LogP contribution in [0.4, 0.5) is 0 Å². The van der Waals surface area contributed by atoms with Crippen LogP contribution in [0.3, 0.4) is 0 Å². The minimum absolute atomic E-state index is 1.24. The lowest BCUT2D eigenvalue weighted by atomic mass is 10.4. The summed E-state index contributed by atoms with van der Waals surface area (Å²) < 4.78 is 0. The van der Waals surface area contributed by atoms with Crippen molar-refractivity contribution in [1.29, 1.82) is 0 Å². The Morgan fingerprint density at radius 2 is 1.50 bits per heavy atom. The maximum Gasteiger partial charge on any atom is 0.0133 e. The van der Waals surface area contributed by atoms with E-state index in [1.54, 1.807) is 0 Å². The van der Waals surface area contributed by atoms with E-state index in [-0.39, 0.29) is 0 Å². The molecular formula is C10H22N2. The van der Waals surface area contributed by atoms with E-state index in [9.17, 15) is 0 Å². The van der Waals surface area contributed by atoms with Gasteiger partial charge < -0.3 is 0 Å². The number of hydrogen-bond acceptors (Lipinski definition) is 2. The van der Waals surface area contributed by atoms with Crippen LogP contribution in [0.2, 0.25) is 0 Å². The first kappa shape index (κ1) is 10.0. The van der Waals surface area contributed by atoms with E-state index in [0.717, 1.165) is 0 Å². The first-order valence-electron chi connectivity index (χ1n) is 5.38. The molecule has 0 aromatic heterocycles. The van der Waals surface area contributed by atoms with Crippen molar-refractivity contribution in [2.45, 2.75) is 39.5 Å². The summed E-state index contributed by atoms with van der Waals surface area (Å²) in [5, 5.41) is 5.07. The molecule has 1 heterocycles. The number of hydrazine groups is 1. The van der Waals surface area contributed by atoms with Gasteiger partial charge >= 0.3 is 0 Å². The third-order valence-corrected chi connectivity index (χ3v) is 2.45. The van der Waals surface area contributed by atoms with Crippen molar-refractivity contribution in [1.82, 2.24) is 10.0 Å². The Morgan fingerprint density at radius 3 is 1.92 bits per heavy atom. The maximum absolute atomic E-state index is 2.53. The molecule has 1 saturated heterocycles. The Bertz CT molecular complexity index is 102. The van der Waals surface area contributed by atoms with Crippen molar-refractivity contribution < 1.29 is 0 Å². The van der Waals surface area contributed by atoms with Crippen LogP contribution in [-0.2, 0) is 0 Å². The first-order valence-corrected chi connectivity index (χ1v) is 5.38. The van der Waals surface area contributed by atoms with Gasteiger partial charge in [-0.1, -0.05) is 13.8 Å². The van der Waals surface area contributed by atoms with Crippen molar-refractivity contribution >= 4 is 0 Å². The largest absolute Gasteiger partial charge is 0.242 e. The van der Waals surface area contributed by atoms with E-state index in [0.29, 0.717) is 0 Å². The van der Waals surface area contributed by atoms with E-state index in [1.807, 2.05) is 0 Å². The summed E-state index contributed by atoms with van der Waals surface area (Å²) >= 11 is 0. The molecule has 1 fully saturated rings. The molecule has 0 N–H and O–H groups in total. The molecular weight excluding hydrogens is 148 g/mol. The molecule has 0 atom stereocenters. The van der Waals surface area contributed by atoms with Crippen molar-refractivity contribution in [2.75, 3.05) is 26.2 Å². The SMILES string of the molecule is CCCN(CCC)N1CCCC1. The van der Waals surface area contributed by atoms with Crippen LogP contribution in [0, 0.1) is 0 Å².